The number of rotatable bonds is 3. The monoisotopic (exact) mass is 330 g/mol. The van der Waals surface area contributed by atoms with Crippen molar-refractivity contribution in [1.82, 2.24) is 0 Å². The van der Waals surface area contributed by atoms with Crippen molar-refractivity contribution in [3.05, 3.63) is 83.9 Å². The summed E-state index contributed by atoms with van der Waals surface area (Å²) >= 11 is 0. The Morgan fingerprint density at radius 3 is 1.08 bits per heavy atom. The molecule has 0 heterocycles. The summed E-state index contributed by atoms with van der Waals surface area (Å²) in [4.78, 5) is 30.0. The molecule has 2 rings (SSSR count). The first-order chi connectivity index (χ1) is 11.3. The molecule has 24 heavy (non-hydrogen) atoms. The zero-order valence-corrected chi connectivity index (χ0v) is 13.0. The number of hydrogen-bond acceptors (Lipinski definition) is 3. The molecule has 0 aliphatic rings. The summed E-state index contributed by atoms with van der Waals surface area (Å²) in [6.45, 7) is 4.60. The van der Waals surface area contributed by atoms with Crippen LogP contribution in [0.1, 0.15) is 27.6 Å². The average Bonchev–Trinajstić information content (AvgIpc) is 2.57. The van der Waals surface area contributed by atoms with E-state index in [1.165, 1.54) is 6.92 Å². The first kappa shape index (κ1) is 20.6. The molecule has 0 amide bonds. The van der Waals surface area contributed by atoms with Crippen LogP contribution in [0.4, 0.5) is 0 Å². The van der Waals surface area contributed by atoms with Crippen LogP contribution in [0.3, 0.4) is 0 Å². The number of benzene rings is 2. The smallest absolute Gasteiger partial charge is 0.335 e. The van der Waals surface area contributed by atoms with Crippen molar-refractivity contribution in [3.8, 4) is 0 Å². The van der Waals surface area contributed by atoms with Crippen LogP contribution in [0.5, 0.6) is 0 Å². The maximum atomic E-state index is 10.2. The Kier molecular flexibility index (Phi) is 9.61. The minimum absolute atomic E-state index is 0.176. The van der Waals surface area contributed by atoms with E-state index in [2.05, 4.69) is 6.58 Å². The highest BCUT2D eigenvalue weighted by molar-refractivity contribution is 5.87. The van der Waals surface area contributed by atoms with Crippen LogP contribution in [0.15, 0.2) is 72.8 Å². The van der Waals surface area contributed by atoms with Gasteiger partial charge in [-0.2, -0.15) is 0 Å². The maximum absolute atomic E-state index is 10.2. The quantitative estimate of drug-likeness (QED) is 0.743. The molecular weight excluding hydrogens is 312 g/mol. The van der Waals surface area contributed by atoms with Crippen molar-refractivity contribution in [2.24, 2.45) is 0 Å². The second-order valence-electron chi connectivity index (χ2n) is 4.43. The molecule has 6 nitrogen and oxygen atoms in total. The highest BCUT2D eigenvalue weighted by atomic mass is 16.4. The molecule has 2 aromatic rings. The van der Waals surface area contributed by atoms with Gasteiger partial charge in [0.05, 0.1) is 11.1 Å². The van der Waals surface area contributed by atoms with Gasteiger partial charge in [0, 0.05) is 5.57 Å². The fourth-order valence-corrected chi connectivity index (χ4v) is 1.16. The van der Waals surface area contributed by atoms with Crippen molar-refractivity contribution in [1.29, 1.82) is 0 Å². The molecule has 0 atom stereocenters. The van der Waals surface area contributed by atoms with E-state index in [4.69, 9.17) is 15.3 Å². The molecule has 0 saturated heterocycles. The van der Waals surface area contributed by atoms with Crippen molar-refractivity contribution < 1.29 is 29.7 Å². The summed E-state index contributed by atoms with van der Waals surface area (Å²) < 4.78 is 0. The van der Waals surface area contributed by atoms with E-state index in [0.717, 1.165) is 0 Å². The van der Waals surface area contributed by atoms with E-state index >= 15 is 0 Å². The molecule has 126 valence electrons. The van der Waals surface area contributed by atoms with Gasteiger partial charge in [-0.3, -0.25) is 0 Å². The number of carbonyl (C=O) groups is 3. The van der Waals surface area contributed by atoms with Crippen LogP contribution in [0.25, 0.3) is 0 Å². The Hall–Kier alpha value is -3.41. The van der Waals surface area contributed by atoms with E-state index in [1.807, 2.05) is 0 Å². The van der Waals surface area contributed by atoms with E-state index < -0.39 is 17.9 Å². The highest BCUT2D eigenvalue weighted by Crippen LogP contribution is 1.96. The van der Waals surface area contributed by atoms with Crippen molar-refractivity contribution in [2.75, 3.05) is 0 Å². The molecule has 6 heteroatoms. The van der Waals surface area contributed by atoms with Gasteiger partial charge in [-0.15, -0.1) is 0 Å². The number of carboxylic acid groups (broad SMARTS) is 3. The SMILES string of the molecule is C=C(C)C(=O)O.O=C(O)c1ccccc1.O=C(O)c1ccccc1. The van der Waals surface area contributed by atoms with Crippen molar-refractivity contribution in [2.45, 2.75) is 6.92 Å². The lowest BCUT2D eigenvalue weighted by molar-refractivity contribution is -0.132. The van der Waals surface area contributed by atoms with Gasteiger partial charge < -0.3 is 15.3 Å². The predicted octanol–water partition coefficient (Wildman–Crippen LogP) is 3.42. The molecule has 0 saturated carbocycles. The lowest BCUT2D eigenvalue weighted by Crippen LogP contribution is -1.93. The van der Waals surface area contributed by atoms with E-state index in [9.17, 15) is 14.4 Å². The lowest BCUT2D eigenvalue weighted by atomic mass is 10.2. The fourth-order valence-electron chi connectivity index (χ4n) is 1.16. The van der Waals surface area contributed by atoms with Gasteiger partial charge in [-0.1, -0.05) is 43.0 Å². The normalized spacial score (nSPS) is 8.54. The van der Waals surface area contributed by atoms with Crippen LogP contribution >= 0.6 is 0 Å². The summed E-state index contributed by atoms with van der Waals surface area (Å²) in [6, 6.07) is 16.6. The standard InChI is InChI=1S/2C7H6O2.C4H6O2/c2*8-7(9)6-4-2-1-3-5-6;1-3(2)4(5)6/h2*1-5H,(H,8,9);1H2,2H3,(H,5,6). The van der Waals surface area contributed by atoms with Crippen molar-refractivity contribution >= 4 is 17.9 Å². The predicted molar refractivity (Wildman–Crippen MR) is 89.3 cm³/mol. The van der Waals surface area contributed by atoms with Crippen LogP contribution < -0.4 is 0 Å². The summed E-state index contributed by atoms with van der Waals surface area (Å²) in [5, 5.41) is 24.7. The third-order valence-corrected chi connectivity index (χ3v) is 2.41. The number of hydrogen-bond donors (Lipinski definition) is 3. The molecule has 3 N–H and O–H groups in total. The zero-order chi connectivity index (χ0) is 18.5. The van der Waals surface area contributed by atoms with Crippen LogP contribution in [-0.2, 0) is 4.79 Å². The molecule has 0 spiro atoms. The Morgan fingerprint density at radius 2 is 0.958 bits per heavy atom. The molecule has 0 radical (unpaired) electrons. The Morgan fingerprint density at radius 1 is 0.708 bits per heavy atom. The van der Waals surface area contributed by atoms with Gasteiger partial charge in [-0.05, 0) is 31.2 Å². The Labute approximate surface area is 139 Å². The molecule has 0 aromatic heterocycles. The highest BCUT2D eigenvalue weighted by Gasteiger charge is 1.97. The molecule has 0 aliphatic heterocycles. The second-order valence-corrected chi connectivity index (χ2v) is 4.43. The van der Waals surface area contributed by atoms with E-state index in [0.29, 0.717) is 11.1 Å². The number of carboxylic acids is 3. The molecule has 0 fully saturated rings. The van der Waals surface area contributed by atoms with Crippen LogP contribution in [0.2, 0.25) is 0 Å². The second kappa shape index (κ2) is 11.2. The summed E-state index contributed by atoms with van der Waals surface area (Å²) in [5.74, 6) is -2.69. The minimum Gasteiger partial charge on any atom is -0.478 e. The average molecular weight is 330 g/mol. The third kappa shape index (κ3) is 9.51. The van der Waals surface area contributed by atoms with Crippen LogP contribution in [0, 0.1) is 0 Å². The first-order valence-corrected chi connectivity index (χ1v) is 6.71. The third-order valence-electron chi connectivity index (χ3n) is 2.41. The van der Waals surface area contributed by atoms with Gasteiger partial charge in [0.25, 0.3) is 0 Å². The number of aromatic carboxylic acids is 2. The van der Waals surface area contributed by atoms with E-state index in [-0.39, 0.29) is 5.57 Å². The van der Waals surface area contributed by atoms with Crippen molar-refractivity contribution in [3.63, 3.8) is 0 Å². The molecular formula is C18H18O6. The minimum atomic E-state index is -0.935. The van der Waals surface area contributed by atoms with Gasteiger partial charge in [0.1, 0.15) is 0 Å². The Balaban J connectivity index is 0.000000340. The van der Waals surface area contributed by atoms with Crippen LogP contribution in [-0.4, -0.2) is 33.2 Å². The zero-order valence-electron chi connectivity index (χ0n) is 13.0. The summed E-state index contributed by atoms with van der Waals surface area (Å²) in [7, 11) is 0. The first-order valence-electron chi connectivity index (χ1n) is 6.71. The van der Waals surface area contributed by atoms with Gasteiger partial charge in [-0.25, -0.2) is 14.4 Å². The topological polar surface area (TPSA) is 112 Å². The van der Waals surface area contributed by atoms with Gasteiger partial charge >= 0.3 is 17.9 Å². The van der Waals surface area contributed by atoms with Gasteiger partial charge in [0.2, 0.25) is 0 Å². The number of aliphatic carboxylic acids is 1. The lowest BCUT2D eigenvalue weighted by Gasteiger charge is -1.88. The summed E-state index contributed by atoms with van der Waals surface area (Å²) in [6.07, 6.45) is 0. The van der Waals surface area contributed by atoms with E-state index in [1.54, 1.807) is 60.7 Å². The molecule has 2 aromatic carbocycles. The Bertz CT molecular complexity index is 616. The molecule has 0 aliphatic carbocycles. The molecule has 0 unspecified atom stereocenters. The van der Waals surface area contributed by atoms with Gasteiger partial charge in [0.15, 0.2) is 0 Å². The largest absolute Gasteiger partial charge is 0.478 e. The summed E-state index contributed by atoms with van der Waals surface area (Å²) in [5.41, 5.74) is 0.838. The fraction of sp³-hybridized carbons (Fsp3) is 0.0556. The maximum Gasteiger partial charge on any atom is 0.335 e. The molecule has 0 bridgehead atoms.